The van der Waals surface area contributed by atoms with E-state index in [9.17, 15) is 18.0 Å². The number of hydrogen-bond donors (Lipinski definition) is 1. The van der Waals surface area contributed by atoms with Gasteiger partial charge in [-0.25, -0.2) is 8.42 Å². The summed E-state index contributed by atoms with van der Waals surface area (Å²) >= 11 is 8.17. The number of benzene rings is 3. The van der Waals surface area contributed by atoms with Crippen LogP contribution < -0.4 is 9.62 Å². The second kappa shape index (κ2) is 13.4. The molecule has 7 nitrogen and oxygen atoms in total. The summed E-state index contributed by atoms with van der Waals surface area (Å²) in [6, 6.07) is 20.9. The van der Waals surface area contributed by atoms with Gasteiger partial charge >= 0.3 is 0 Å². The third-order valence-electron chi connectivity index (χ3n) is 6.16. The summed E-state index contributed by atoms with van der Waals surface area (Å²) in [5.41, 5.74) is 1.11. The van der Waals surface area contributed by atoms with Gasteiger partial charge in [-0.15, -0.1) is 0 Å². The molecule has 38 heavy (non-hydrogen) atoms. The van der Waals surface area contributed by atoms with E-state index in [2.05, 4.69) is 27.9 Å². The van der Waals surface area contributed by atoms with E-state index in [1.807, 2.05) is 13.8 Å². The zero-order valence-electron chi connectivity index (χ0n) is 21.5. The molecule has 3 rings (SSSR count). The maximum atomic E-state index is 13.9. The van der Waals surface area contributed by atoms with Gasteiger partial charge in [-0.3, -0.25) is 13.9 Å². The molecule has 0 fully saturated rings. The van der Waals surface area contributed by atoms with Crippen LogP contribution in [0, 0.1) is 3.57 Å². The number of nitrogens with zero attached hydrogens (tertiary/aromatic N) is 2. The standard InChI is InChI=1S/C28H31ClIN3O4S/c1-4-20(2)31-28(35)21(3)32(18-22-10-12-23(29)13-11-22)27(34)19-33(25-16-14-24(30)15-17-25)38(36,37)26-8-6-5-7-9-26/h5-17,20-21H,4,18-19H2,1-3H3,(H,31,35)/t20-,21+/m1/s1. The molecule has 0 heterocycles. The number of carbonyl (C=O) groups is 2. The van der Waals surface area contributed by atoms with Crippen LogP contribution in [-0.2, 0) is 26.2 Å². The molecule has 0 aliphatic heterocycles. The zero-order chi connectivity index (χ0) is 27.9. The molecule has 1 N–H and O–H groups in total. The topological polar surface area (TPSA) is 86.8 Å². The fourth-order valence-electron chi connectivity index (χ4n) is 3.69. The van der Waals surface area contributed by atoms with Crippen molar-refractivity contribution in [2.45, 2.75) is 50.7 Å². The number of halogens is 2. The highest BCUT2D eigenvalue weighted by molar-refractivity contribution is 14.1. The van der Waals surface area contributed by atoms with Crippen molar-refractivity contribution in [2.24, 2.45) is 0 Å². The summed E-state index contributed by atoms with van der Waals surface area (Å²) in [6.45, 7) is 5.12. The maximum absolute atomic E-state index is 13.9. The van der Waals surface area contributed by atoms with E-state index in [1.165, 1.54) is 17.0 Å². The Morgan fingerprint density at radius 3 is 2.13 bits per heavy atom. The molecule has 0 aliphatic carbocycles. The average Bonchev–Trinajstić information content (AvgIpc) is 2.91. The number of amides is 2. The lowest BCUT2D eigenvalue weighted by molar-refractivity contribution is -0.139. The molecule has 0 bridgehead atoms. The smallest absolute Gasteiger partial charge is 0.264 e. The van der Waals surface area contributed by atoms with Crippen LogP contribution in [0.25, 0.3) is 0 Å². The molecular weight excluding hydrogens is 637 g/mol. The van der Waals surface area contributed by atoms with Crippen LogP contribution in [0.3, 0.4) is 0 Å². The highest BCUT2D eigenvalue weighted by Gasteiger charge is 2.32. The third-order valence-corrected chi connectivity index (χ3v) is 8.92. The molecule has 10 heteroatoms. The third kappa shape index (κ3) is 7.70. The number of sulfonamides is 1. The monoisotopic (exact) mass is 667 g/mol. The van der Waals surface area contributed by atoms with Gasteiger partial charge in [0.1, 0.15) is 12.6 Å². The lowest BCUT2D eigenvalue weighted by Crippen LogP contribution is -2.52. The van der Waals surface area contributed by atoms with Gasteiger partial charge in [-0.05, 0) is 97.0 Å². The summed E-state index contributed by atoms with van der Waals surface area (Å²) in [4.78, 5) is 28.4. The van der Waals surface area contributed by atoms with Gasteiger partial charge in [0.25, 0.3) is 10.0 Å². The largest absolute Gasteiger partial charge is 0.352 e. The summed E-state index contributed by atoms with van der Waals surface area (Å²) in [6.07, 6.45) is 0.736. The van der Waals surface area contributed by atoms with Crippen molar-refractivity contribution < 1.29 is 18.0 Å². The van der Waals surface area contributed by atoms with E-state index in [0.29, 0.717) is 10.7 Å². The van der Waals surface area contributed by atoms with E-state index in [-0.39, 0.29) is 23.4 Å². The first-order valence-corrected chi connectivity index (χ1v) is 15.1. The lowest BCUT2D eigenvalue weighted by atomic mass is 10.1. The van der Waals surface area contributed by atoms with Crippen LogP contribution in [0.15, 0.2) is 83.8 Å². The minimum Gasteiger partial charge on any atom is -0.352 e. The van der Waals surface area contributed by atoms with Crippen LogP contribution in [0.5, 0.6) is 0 Å². The fraction of sp³-hybridized carbons (Fsp3) is 0.286. The van der Waals surface area contributed by atoms with Crippen LogP contribution in [0.2, 0.25) is 5.02 Å². The quantitative estimate of drug-likeness (QED) is 0.275. The van der Waals surface area contributed by atoms with Crippen LogP contribution >= 0.6 is 34.2 Å². The number of carbonyl (C=O) groups excluding carboxylic acids is 2. The molecule has 0 aliphatic rings. The average molecular weight is 668 g/mol. The molecule has 0 saturated carbocycles. The number of rotatable bonds is 11. The number of nitrogens with one attached hydrogen (secondary N) is 1. The molecule has 3 aromatic carbocycles. The normalized spacial score (nSPS) is 12.9. The van der Waals surface area contributed by atoms with Gasteiger partial charge in [-0.1, -0.05) is 48.9 Å². The first-order valence-electron chi connectivity index (χ1n) is 12.2. The molecule has 2 amide bonds. The van der Waals surface area contributed by atoms with Gasteiger partial charge in [0.05, 0.1) is 10.6 Å². The van der Waals surface area contributed by atoms with Crippen molar-refractivity contribution in [1.29, 1.82) is 0 Å². The van der Waals surface area contributed by atoms with E-state index in [1.54, 1.807) is 73.7 Å². The van der Waals surface area contributed by atoms with Gasteiger partial charge in [0, 0.05) is 21.2 Å². The summed E-state index contributed by atoms with van der Waals surface area (Å²) < 4.78 is 29.5. The highest BCUT2D eigenvalue weighted by atomic mass is 127. The van der Waals surface area contributed by atoms with Crippen molar-refractivity contribution in [3.8, 4) is 0 Å². The van der Waals surface area contributed by atoms with Crippen molar-refractivity contribution >= 4 is 61.7 Å². The van der Waals surface area contributed by atoms with Crippen molar-refractivity contribution in [1.82, 2.24) is 10.2 Å². The summed E-state index contributed by atoms with van der Waals surface area (Å²) in [7, 11) is -4.08. The molecule has 0 radical (unpaired) electrons. The SMILES string of the molecule is CC[C@@H](C)NC(=O)[C@H](C)N(Cc1ccc(Cl)cc1)C(=O)CN(c1ccc(I)cc1)S(=O)(=O)c1ccccc1. The summed E-state index contributed by atoms with van der Waals surface area (Å²) in [5, 5.41) is 3.47. The second-order valence-corrected chi connectivity index (χ2v) is 12.5. The predicted molar refractivity (Wildman–Crippen MR) is 159 cm³/mol. The summed E-state index contributed by atoms with van der Waals surface area (Å²) in [5.74, 6) is -0.821. The Labute approximate surface area is 243 Å². The van der Waals surface area contributed by atoms with Crippen LogP contribution in [0.1, 0.15) is 32.8 Å². The lowest BCUT2D eigenvalue weighted by Gasteiger charge is -2.32. The minimum absolute atomic E-state index is 0.0677. The van der Waals surface area contributed by atoms with Gasteiger partial charge in [0.15, 0.2) is 0 Å². The van der Waals surface area contributed by atoms with Gasteiger partial charge in [0.2, 0.25) is 11.8 Å². The van der Waals surface area contributed by atoms with Crippen molar-refractivity contribution in [2.75, 3.05) is 10.8 Å². The van der Waals surface area contributed by atoms with E-state index in [4.69, 9.17) is 11.6 Å². The molecule has 0 aromatic heterocycles. The zero-order valence-corrected chi connectivity index (χ0v) is 25.2. The van der Waals surface area contributed by atoms with Gasteiger partial charge < -0.3 is 10.2 Å². The number of anilines is 1. The Kier molecular flexibility index (Phi) is 10.6. The van der Waals surface area contributed by atoms with E-state index < -0.39 is 28.5 Å². The first kappa shape index (κ1) is 29.9. The Morgan fingerprint density at radius 1 is 0.947 bits per heavy atom. The molecular formula is C28H31ClIN3O4S. The molecule has 202 valence electrons. The fourth-order valence-corrected chi connectivity index (χ4v) is 5.61. The van der Waals surface area contributed by atoms with Gasteiger partial charge in [-0.2, -0.15) is 0 Å². The van der Waals surface area contributed by atoms with Crippen LogP contribution in [-0.4, -0.2) is 43.8 Å². The Morgan fingerprint density at radius 2 is 1.55 bits per heavy atom. The predicted octanol–water partition coefficient (Wildman–Crippen LogP) is 5.47. The molecule has 0 spiro atoms. The molecule has 2 atom stereocenters. The highest BCUT2D eigenvalue weighted by Crippen LogP contribution is 2.25. The van der Waals surface area contributed by atoms with Crippen molar-refractivity contribution in [3.05, 3.63) is 93.0 Å². The minimum atomic E-state index is -4.08. The molecule has 0 saturated heterocycles. The second-order valence-electron chi connectivity index (χ2n) is 8.94. The number of hydrogen-bond acceptors (Lipinski definition) is 4. The van der Waals surface area contributed by atoms with E-state index in [0.717, 1.165) is 19.9 Å². The Hall–Kier alpha value is -2.63. The Balaban J connectivity index is 2.00. The van der Waals surface area contributed by atoms with E-state index >= 15 is 0 Å². The first-order chi connectivity index (χ1) is 18.0. The molecule has 0 unspecified atom stereocenters. The van der Waals surface area contributed by atoms with Crippen LogP contribution in [0.4, 0.5) is 5.69 Å². The maximum Gasteiger partial charge on any atom is 0.264 e. The van der Waals surface area contributed by atoms with Crippen molar-refractivity contribution in [3.63, 3.8) is 0 Å². The molecule has 3 aromatic rings. The Bertz CT molecular complexity index is 1340.